The van der Waals surface area contributed by atoms with E-state index in [0.29, 0.717) is 5.92 Å². The summed E-state index contributed by atoms with van der Waals surface area (Å²) in [5, 5.41) is 0.244. The molecule has 1 aliphatic heterocycles. The van der Waals surface area contributed by atoms with Crippen molar-refractivity contribution in [2.45, 2.75) is 76.5 Å². The minimum absolute atomic E-state index is 0.110. The Bertz CT molecular complexity index is 534. The highest BCUT2D eigenvalue weighted by atomic mass is 28.4. The molecule has 3 rings (SSSR count). The molecule has 2 nitrogen and oxygen atoms in total. The first-order valence-corrected chi connectivity index (χ1v) is 11.5. The minimum Gasteiger partial charge on any atom is -0.411 e. The second-order valence-electron chi connectivity index (χ2n) is 8.76. The van der Waals surface area contributed by atoms with Gasteiger partial charge in [-0.15, -0.1) is 0 Å². The second kappa shape index (κ2) is 5.18. The number of hydrogen-bond acceptors (Lipinski definition) is 2. The Balaban J connectivity index is 1.85. The van der Waals surface area contributed by atoms with Gasteiger partial charge in [0.25, 0.3) is 0 Å². The van der Waals surface area contributed by atoms with Crippen molar-refractivity contribution in [2.75, 3.05) is 0 Å². The Kier molecular flexibility index (Phi) is 3.82. The Hall–Kier alpha value is -0.643. The lowest BCUT2D eigenvalue weighted by Crippen LogP contribution is -2.48. The predicted octanol–water partition coefficient (Wildman–Crippen LogP) is 5.32. The average Bonchev–Trinajstić information content (AvgIpc) is 2.88. The van der Waals surface area contributed by atoms with Crippen molar-refractivity contribution in [1.29, 1.82) is 0 Å². The van der Waals surface area contributed by atoms with E-state index in [1.807, 2.05) is 0 Å². The van der Waals surface area contributed by atoms with Gasteiger partial charge in [0.2, 0.25) is 0 Å². The van der Waals surface area contributed by atoms with Crippen molar-refractivity contribution < 1.29 is 9.16 Å². The molecule has 4 atom stereocenters. The highest BCUT2D eigenvalue weighted by Crippen LogP contribution is 2.57. The zero-order valence-corrected chi connectivity index (χ0v) is 15.8. The molecular weight excluding hydrogens is 288 g/mol. The van der Waals surface area contributed by atoms with Crippen LogP contribution < -0.4 is 0 Å². The molecule has 0 radical (unpaired) electrons. The average molecular weight is 319 g/mol. The van der Waals surface area contributed by atoms with Gasteiger partial charge >= 0.3 is 0 Å². The van der Waals surface area contributed by atoms with Gasteiger partial charge in [0.1, 0.15) is 0 Å². The van der Waals surface area contributed by atoms with E-state index in [9.17, 15) is 0 Å². The second-order valence-corrected chi connectivity index (χ2v) is 13.5. The molecule has 1 aromatic carbocycles. The molecule has 1 aromatic rings. The van der Waals surface area contributed by atoms with Crippen LogP contribution in [0, 0.1) is 5.92 Å². The number of hydrogen-bond donors (Lipinski definition) is 0. The topological polar surface area (TPSA) is 18.5 Å². The summed E-state index contributed by atoms with van der Waals surface area (Å²) in [7, 11) is -1.77. The lowest BCUT2D eigenvalue weighted by molar-refractivity contribution is -0.0783. The normalized spacial score (nSPS) is 35.1. The van der Waals surface area contributed by atoms with Crippen molar-refractivity contribution >= 4 is 8.32 Å². The van der Waals surface area contributed by atoms with E-state index in [2.05, 4.69) is 71.1 Å². The van der Waals surface area contributed by atoms with E-state index >= 15 is 0 Å². The number of benzene rings is 1. The van der Waals surface area contributed by atoms with Crippen LogP contribution in [-0.2, 0) is 9.16 Å². The number of rotatable bonds is 3. The van der Waals surface area contributed by atoms with Crippen molar-refractivity contribution in [1.82, 2.24) is 0 Å². The summed E-state index contributed by atoms with van der Waals surface area (Å²) in [6.45, 7) is 13.9. The summed E-state index contributed by atoms with van der Waals surface area (Å²) in [5.74, 6) is 0.501. The molecule has 2 fully saturated rings. The third-order valence-electron chi connectivity index (χ3n) is 6.11. The van der Waals surface area contributed by atoms with Gasteiger partial charge in [-0.3, -0.25) is 0 Å². The Morgan fingerprint density at radius 3 is 2.41 bits per heavy atom. The lowest BCUT2D eigenvalue weighted by atomic mass is 9.94. The molecule has 1 unspecified atom stereocenters. The zero-order chi connectivity index (χ0) is 16.2. The Morgan fingerprint density at radius 2 is 1.82 bits per heavy atom. The monoisotopic (exact) mass is 318 g/mol. The molecule has 1 aliphatic carbocycles. The van der Waals surface area contributed by atoms with Crippen LogP contribution in [0.3, 0.4) is 0 Å². The molecule has 0 amide bonds. The highest BCUT2D eigenvalue weighted by Gasteiger charge is 2.60. The van der Waals surface area contributed by atoms with Gasteiger partial charge in [0, 0.05) is 5.92 Å². The SMILES string of the molecule is CC(C)(C)[Si](C)(C)OC1[C@@H]2CC[C@@]1(C)O[C@@H]2c1ccccc1. The first kappa shape index (κ1) is 16.2. The van der Waals surface area contributed by atoms with Crippen molar-refractivity contribution in [2.24, 2.45) is 5.92 Å². The highest BCUT2D eigenvalue weighted by molar-refractivity contribution is 6.74. The summed E-state index contributed by atoms with van der Waals surface area (Å²) < 4.78 is 13.3. The van der Waals surface area contributed by atoms with Gasteiger partial charge in [-0.2, -0.15) is 0 Å². The summed E-state index contributed by atoms with van der Waals surface area (Å²) >= 11 is 0. The van der Waals surface area contributed by atoms with Crippen LogP contribution in [0.15, 0.2) is 30.3 Å². The van der Waals surface area contributed by atoms with E-state index in [0.717, 1.165) is 6.42 Å². The first-order valence-electron chi connectivity index (χ1n) is 8.55. The lowest BCUT2D eigenvalue weighted by Gasteiger charge is -2.41. The summed E-state index contributed by atoms with van der Waals surface area (Å²) in [6, 6.07) is 10.7. The Morgan fingerprint density at radius 1 is 1.18 bits per heavy atom. The standard InChI is InChI=1S/C19H30O2Si/c1-18(2,3)22(5,6)21-17-15-12-13-19(17,4)20-16(15)14-10-8-7-9-11-14/h7-11,15-17H,12-13H2,1-6H3/t15-,16-,17?,19-/m1/s1. The first-order chi connectivity index (χ1) is 10.1. The smallest absolute Gasteiger partial charge is 0.192 e. The third-order valence-corrected chi connectivity index (χ3v) is 10.6. The van der Waals surface area contributed by atoms with Gasteiger partial charge in [0.15, 0.2) is 8.32 Å². The molecule has 0 aromatic heterocycles. The van der Waals surface area contributed by atoms with E-state index in [1.54, 1.807) is 0 Å². The van der Waals surface area contributed by atoms with Crippen LogP contribution >= 0.6 is 0 Å². The molecule has 1 saturated carbocycles. The zero-order valence-electron chi connectivity index (χ0n) is 14.8. The number of ether oxygens (including phenoxy) is 1. The maximum atomic E-state index is 6.82. The van der Waals surface area contributed by atoms with Crippen LogP contribution in [-0.4, -0.2) is 20.0 Å². The Labute approximate surface area is 136 Å². The third kappa shape index (κ3) is 2.57. The quantitative estimate of drug-likeness (QED) is 0.702. The van der Waals surface area contributed by atoms with Crippen molar-refractivity contribution in [3.63, 3.8) is 0 Å². The molecule has 0 N–H and O–H groups in total. The predicted molar refractivity (Wildman–Crippen MR) is 93.5 cm³/mol. The maximum absolute atomic E-state index is 6.82. The van der Waals surface area contributed by atoms with E-state index in [4.69, 9.17) is 9.16 Å². The van der Waals surface area contributed by atoms with Gasteiger partial charge in [-0.1, -0.05) is 51.1 Å². The summed E-state index contributed by atoms with van der Waals surface area (Å²) in [5.41, 5.74) is 1.19. The fourth-order valence-corrected chi connectivity index (χ4v) is 5.09. The molecule has 3 heteroatoms. The fraction of sp³-hybridized carbons (Fsp3) is 0.684. The van der Waals surface area contributed by atoms with E-state index in [-0.39, 0.29) is 22.8 Å². The molecule has 2 aliphatic rings. The van der Waals surface area contributed by atoms with Crippen LogP contribution in [0.2, 0.25) is 18.1 Å². The van der Waals surface area contributed by atoms with Gasteiger partial charge in [-0.05, 0) is 43.5 Å². The van der Waals surface area contributed by atoms with Gasteiger partial charge in [0.05, 0.1) is 17.8 Å². The summed E-state index contributed by atoms with van der Waals surface area (Å²) in [4.78, 5) is 0. The van der Waals surface area contributed by atoms with Crippen LogP contribution in [0.1, 0.15) is 52.2 Å². The minimum atomic E-state index is -1.77. The molecule has 1 heterocycles. The van der Waals surface area contributed by atoms with Crippen molar-refractivity contribution in [3.05, 3.63) is 35.9 Å². The van der Waals surface area contributed by atoms with Crippen LogP contribution in [0.5, 0.6) is 0 Å². The van der Waals surface area contributed by atoms with Crippen LogP contribution in [0.4, 0.5) is 0 Å². The number of fused-ring (bicyclic) bond motifs is 2. The van der Waals surface area contributed by atoms with E-state index < -0.39 is 8.32 Å². The van der Waals surface area contributed by atoms with Crippen LogP contribution in [0.25, 0.3) is 0 Å². The molecule has 0 spiro atoms. The fourth-order valence-electron chi connectivity index (χ4n) is 3.68. The molecular formula is C19H30O2Si. The largest absolute Gasteiger partial charge is 0.411 e. The van der Waals surface area contributed by atoms with Gasteiger partial charge < -0.3 is 9.16 Å². The van der Waals surface area contributed by atoms with Gasteiger partial charge in [-0.25, -0.2) is 0 Å². The van der Waals surface area contributed by atoms with Crippen molar-refractivity contribution in [3.8, 4) is 0 Å². The summed E-state index contributed by atoms with van der Waals surface area (Å²) in [6.07, 6.45) is 2.80. The molecule has 22 heavy (non-hydrogen) atoms. The molecule has 1 saturated heterocycles. The van der Waals surface area contributed by atoms with E-state index in [1.165, 1.54) is 12.0 Å². The maximum Gasteiger partial charge on any atom is 0.192 e. The molecule has 122 valence electrons. The molecule has 2 bridgehead atoms.